The summed E-state index contributed by atoms with van der Waals surface area (Å²) in [7, 11) is -3.47. The van der Waals surface area contributed by atoms with Crippen LogP contribution in [0.25, 0.3) is 0 Å². The molecule has 1 unspecified atom stereocenters. The van der Waals surface area contributed by atoms with E-state index in [1.807, 2.05) is 0 Å². The number of rotatable bonds is 5. The Morgan fingerprint density at radius 3 is 3.05 bits per heavy atom. The molecule has 0 aliphatic carbocycles. The number of nitrogens with two attached hydrogens (primary N) is 1. The highest BCUT2D eigenvalue weighted by Gasteiger charge is 2.28. The summed E-state index contributed by atoms with van der Waals surface area (Å²) in [5.41, 5.74) is 6.19. The maximum atomic E-state index is 12.1. The number of aromatic nitrogens is 1. The Kier molecular flexibility index (Phi) is 4.56. The van der Waals surface area contributed by atoms with E-state index in [-0.39, 0.29) is 12.5 Å². The fraction of sp³-hybridized carbons (Fsp3) is 0.727. The fourth-order valence-corrected chi connectivity index (χ4v) is 3.48. The highest BCUT2D eigenvalue weighted by atomic mass is 32.2. The van der Waals surface area contributed by atoms with E-state index < -0.39 is 10.2 Å². The smallest absolute Gasteiger partial charge is 0.279 e. The molecule has 1 aliphatic heterocycles. The summed E-state index contributed by atoms with van der Waals surface area (Å²) in [4.78, 5) is 0. The van der Waals surface area contributed by atoms with Crippen LogP contribution in [0.4, 0.5) is 0 Å². The summed E-state index contributed by atoms with van der Waals surface area (Å²) < 4.78 is 33.2. The molecule has 1 fully saturated rings. The zero-order chi connectivity index (χ0) is 13.9. The average Bonchev–Trinajstić information content (AvgIpc) is 2.82. The van der Waals surface area contributed by atoms with Gasteiger partial charge in [0.1, 0.15) is 5.76 Å². The lowest BCUT2D eigenvalue weighted by Crippen LogP contribution is -2.47. The van der Waals surface area contributed by atoms with Crippen LogP contribution >= 0.6 is 0 Å². The van der Waals surface area contributed by atoms with Gasteiger partial charge in [-0.15, -0.1) is 0 Å². The van der Waals surface area contributed by atoms with Gasteiger partial charge in [-0.25, -0.2) is 0 Å². The number of hydrogen-bond acceptors (Lipinski definition) is 5. The van der Waals surface area contributed by atoms with Crippen molar-refractivity contribution in [3.63, 3.8) is 0 Å². The van der Waals surface area contributed by atoms with Crippen molar-refractivity contribution in [2.75, 3.05) is 19.6 Å². The zero-order valence-electron chi connectivity index (χ0n) is 11.0. The molecule has 108 valence electrons. The molecular formula is C11H20N4O3S. The summed E-state index contributed by atoms with van der Waals surface area (Å²) in [5.74, 6) is 0.912. The molecule has 0 saturated carbocycles. The first-order valence-corrected chi connectivity index (χ1v) is 7.82. The van der Waals surface area contributed by atoms with Crippen molar-refractivity contribution in [1.82, 2.24) is 14.2 Å². The summed E-state index contributed by atoms with van der Waals surface area (Å²) >= 11 is 0. The normalized spacial score (nSPS) is 21.7. The van der Waals surface area contributed by atoms with E-state index in [2.05, 4.69) is 9.88 Å². The Bertz CT molecular complexity index is 514. The number of aryl methyl sites for hydroxylation is 1. The van der Waals surface area contributed by atoms with E-state index in [9.17, 15) is 8.42 Å². The lowest BCUT2D eigenvalue weighted by atomic mass is 10.0. The lowest BCUT2D eigenvalue weighted by Gasteiger charge is -2.31. The average molecular weight is 288 g/mol. The monoisotopic (exact) mass is 288 g/mol. The molecule has 0 aromatic carbocycles. The molecule has 8 heteroatoms. The van der Waals surface area contributed by atoms with E-state index in [1.165, 1.54) is 4.31 Å². The minimum Gasteiger partial charge on any atom is -0.361 e. The van der Waals surface area contributed by atoms with Crippen molar-refractivity contribution in [3.05, 3.63) is 17.5 Å². The summed E-state index contributed by atoms with van der Waals surface area (Å²) in [6, 6.07) is 1.71. The number of nitrogens with zero attached hydrogens (tertiary/aromatic N) is 2. The zero-order valence-corrected chi connectivity index (χ0v) is 11.8. The van der Waals surface area contributed by atoms with Gasteiger partial charge in [-0.1, -0.05) is 5.16 Å². The van der Waals surface area contributed by atoms with Crippen LogP contribution in [-0.2, 0) is 16.8 Å². The van der Waals surface area contributed by atoms with Crippen molar-refractivity contribution >= 4 is 10.2 Å². The molecule has 1 aromatic rings. The standard InChI is InChI=1S/C11H20N4O3S/c1-9-5-11(14-18-9)7-13-19(16,17)15-4-2-3-10(6-12)8-15/h5,10,13H,2-4,6-8,12H2,1H3. The molecule has 3 N–H and O–H groups in total. The van der Waals surface area contributed by atoms with E-state index in [0.717, 1.165) is 12.8 Å². The van der Waals surface area contributed by atoms with E-state index in [1.54, 1.807) is 13.0 Å². The fourth-order valence-electron chi connectivity index (χ4n) is 2.20. The second kappa shape index (κ2) is 6.00. The highest BCUT2D eigenvalue weighted by Crippen LogP contribution is 2.17. The molecule has 1 aliphatic rings. The molecule has 0 bridgehead atoms. The van der Waals surface area contributed by atoms with E-state index in [0.29, 0.717) is 31.1 Å². The quantitative estimate of drug-likeness (QED) is 0.793. The van der Waals surface area contributed by atoms with Crippen LogP contribution in [0.15, 0.2) is 10.6 Å². The van der Waals surface area contributed by atoms with Gasteiger partial charge in [0, 0.05) is 19.2 Å². The molecule has 2 heterocycles. The van der Waals surface area contributed by atoms with E-state index >= 15 is 0 Å². The Morgan fingerprint density at radius 2 is 2.42 bits per heavy atom. The molecular weight excluding hydrogens is 268 g/mol. The van der Waals surface area contributed by atoms with Gasteiger partial charge in [0.15, 0.2) is 0 Å². The highest BCUT2D eigenvalue weighted by molar-refractivity contribution is 7.87. The van der Waals surface area contributed by atoms with Crippen molar-refractivity contribution in [3.8, 4) is 0 Å². The van der Waals surface area contributed by atoms with Crippen molar-refractivity contribution in [1.29, 1.82) is 0 Å². The molecule has 1 saturated heterocycles. The van der Waals surface area contributed by atoms with Crippen LogP contribution in [0.1, 0.15) is 24.3 Å². The van der Waals surface area contributed by atoms with Crippen LogP contribution in [0, 0.1) is 12.8 Å². The van der Waals surface area contributed by atoms with Gasteiger partial charge in [-0.3, -0.25) is 0 Å². The Labute approximate surface area is 113 Å². The van der Waals surface area contributed by atoms with Gasteiger partial charge < -0.3 is 10.3 Å². The van der Waals surface area contributed by atoms with Gasteiger partial charge in [-0.05, 0) is 32.2 Å². The van der Waals surface area contributed by atoms with Gasteiger partial charge in [0.2, 0.25) is 0 Å². The first kappa shape index (κ1) is 14.4. The largest absolute Gasteiger partial charge is 0.361 e. The van der Waals surface area contributed by atoms with Crippen LogP contribution in [0.3, 0.4) is 0 Å². The molecule has 1 atom stereocenters. The maximum absolute atomic E-state index is 12.1. The topological polar surface area (TPSA) is 101 Å². The maximum Gasteiger partial charge on any atom is 0.279 e. The molecule has 7 nitrogen and oxygen atoms in total. The Balaban J connectivity index is 1.94. The van der Waals surface area contributed by atoms with Crippen LogP contribution in [0.2, 0.25) is 0 Å². The van der Waals surface area contributed by atoms with Gasteiger partial charge in [0.05, 0.1) is 12.2 Å². The van der Waals surface area contributed by atoms with Gasteiger partial charge >= 0.3 is 0 Å². The number of piperidine rings is 1. The number of hydrogen-bond donors (Lipinski definition) is 2. The van der Waals surface area contributed by atoms with Crippen molar-refractivity contribution in [2.24, 2.45) is 11.7 Å². The Hall–Kier alpha value is -0.960. The van der Waals surface area contributed by atoms with Crippen LogP contribution in [-0.4, -0.2) is 37.5 Å². The SMILES string of the molecule is Cc1cc(CNS(=O)(=O)N2CCCC(CN)C2)no1. The molecule has 19 heavy (non-hydrogen) atoms. The Morgan fingerprint density at radius 1 is 1.63 bits per heavy atom. The third-order valence-corrected chi connectivity index (χ3v) is 4.79. The molecule has 2 rings (SSSR count). The van der Waals surface area contributed by atoms with Crippen LogP contribution < -0.4 is 10.5 Å². The van der Waals surface area contributed by atoms with Gasteiger partial charge in [-0.2, -0.15) is 17.4 Å². The summed E-state index contributed by atoms with van der Waals surface area (Å²) in [5, 5.41) is 3.75. The first-order valence-electron chi connectivity index (χ1n) is 6.38. The minimum absolute atomic E-state index is 0.142. The second-order valence-corrected chi connectivity index (χ2v) is 6.61. The van der Waals surface area contributed by atoms with Crippen LogP contribution in [0.5, 0.6) is 0 Å². The molecule has 1 aromatic heterocycles. The minimum atomic E-state index is -3.47. The third kappa shape index (κ3) is 3.75. The lowest BCUT2D eigenvalue weighted by molar-refractivity contribution is 0.268. The van der Waals surface area contributed by atoms with E-state index in [4.69, 9.17) is 10.3 Å². The number of nitrogens with one attached hydrogen (secondary N) is 1. The third-order valence-electron chi connectivity index (χ3n) is 3.27. The first-order chi connectivity index (χ1) is 9.01. The molecule has 0 amide bonds. The molecule has 0 spiro atoms. The summed E-state index contributed by atoms with van der Waals surface area (Å²) in [6.07, 6.45) is 1.84. The van der Waals surface area contributed by atoms with Crippen molar-refractivity contribution < 1.29 is 12.9 Å². The molecule has 0 radical (unpaired) electrons. The second-order valence-electron chi connectivity index (χ2n) is 4.86. The van der Waals surface area contributed by atoms with Crippen molar-refractivity contribution in [2.45, 2.75) is 26.3 Å². The van der Waals surface area contributed by atoms with Gasteiger partial charge in [0.25, 0.3) is 10.2 Å². The predicted octanol–water partition coefficient (Wildman–Crippen LogP) is -0.0119. The summed E-state index contributed by atoms with van der Waals surface area (Å²) in [6.45, 7) is 3.47. The predicted molar refractivity (Wildman–Crippen MR) is 70.4 cm³/mol.